The fourth-order valence-electron chi connectivity index (χ4n) is 3.31. The Bertz CT molecular complexity index is 750. The fourth-order valence-corrected chi connectivity index (χ4v) is 3.31. The van der Waals surface area contributed by atoms with Crippen LogP contribution in [0.5, 0.6) is 11.5 Å². The number of hydrogen-bond acceptors (Lipinski definition) is 5. The molecule has 0 aromatic heterocycles. The Morgan fingerprint density at radius 2 is 1.76 bits per heavy atom. The Balaban J connectivity index is 1.54. The van der Waals surface area contributed by atoms with E-state index in [1.165, 1.54) is 5.56 Å². The van der Waals surface area contributed by atoms with Crippen molar-refractivity contribution in [1.82, 2.24) is 10.2 Å². The molecule has 2 aromatic carbocycles. The zero-order valence-electron chi connectivity index (χ0n) is 16.7. The summed E-state index contributed by atoms with van der Waals surface area (Å²) in [7, 11) is 0. The number of para-hydroxylation sites is 1. The van der Waals surface area contributed by atoms with Gasteiger partial charge in [0.25, 0.3) is 0 Å². The molecule has 29 heavy (non-hydrogen) atoms. The van der Waals surface area contributed by atoms with Gasteiger partial charge in [-0.05, 0) is 24.1 Å². The number of ether oxygens (including phenoxy) is 3. The highest BCUT2D eigenvalue weighted by Gasteiger charge is 2.15. The summed E-state index contributed by atoms with van der Waals surface area (Å²) in [4.78, 5) is 2.38. The lowest BCUT2D eigenvalue weighted by Crippen LogP contribution is -2.35. The summed E-state index contributed by atoms with van der Waals surface area (Å²) in [5.41, 5.74) is 3.04. The van der Waals surface area contributed by atoms with Crippen molar-refractivity contribution in [3.63, 3.8) is 0 Å². The first-order chi connectivity index (χ1) is 14.2. The highest BCUT2D eigenvalue weighted by molar-refractivity contribution is 5.46. The maximum atomic E-state index is 12.8. The molecule has 0 bridgehead atoms. The van der Waals surface area contributed by atoms with Crippen LogP contribution in [-0.4, -0.2) is 44.4 Å². The zero-order chi connectivity index (χ0) is 20.5. The minimum atomic E-state index is -2.89. The van der Waals surface area contributed by atoms with Gasteiger partial charge in [-0.3, -0.25) is 4.90 Å². The van der Waals surface area contributed by atoms with Crippen LogP contribution in [0.1, 0.15) is 23.6 Å². The molecular formula is C22H28F2N2O3. The van der Waals surface area contributed by atoms with Gasteiger partial charge < -0.3 is 19.5 Å². The number of halogens is 2. The molecule has 0 spiro atoms. The van der Waals surface area contributed by atoms with Crippen LogP contribution in [-0.2, 0) is 24.4 Å². The van der Waals surface area contributed by atoms with Gasteiger partial charge in [0.15, 0.2) is 11.5 Å². The van der Waals surface area contributed by atoms with Gasteiger partial charge in [-0.2, -0.15) is 8.78 Å². The molecule has 3 rings (SSSR count). The third kappa shape index (κ3) is 6.66. The van der Waals surface area contributed by atoms with Gasteiger partial charge in [-0.25, -0.2) is 0 Å². The summed E-state index contributed by atoms with van der Waals surface area (Å²) in [5.74, 6) is 0.428. The van der Waals surface area contributed by atoms with Crippen LogP contribution >= 0.6 is 0 Å². The maximum absolute atomic E-state index is 12.8. The third-order valence-electron chi connectivity index (χ3n) is 4.74. The SMILES string of the molecule is CCOc1cccc(CNCc2ccc(CN3CCOCC3)cc2)c1OC(F)F. The number of rotatable bonds is 10. The minimum absolute atomic E-state index is 0.0951. The molecule has 1 saturated heterocycles. The lowest BCUT2D eigenvalue weighted by atomic mass is 10.1. The molecule has 0 saturated carbocycles. The molecule has 0 atom stereocenters. The largest absolute Gasteiger partial charge is 0.490 e. The third-order valence-corrected chi connectivity index (χ3v) is 4.74. The molecule has 1 aliphatic rings. The normalized spacial score (nSPS) is 14.9. The maximum Gasteiger partial charge on any atom is 0.387 e. The summed E-state index contributed by atoms with van der Waals surface area (Å²) in [6, 6.07) is 13.6. The topological polar surface area (TPSA) is 43.0 Å². The summed E-state index contributed by atoms with van der Waals surface area (Å²) < 4.78 is 41.1. The van der Waals surface area contributed by atoms with Gasteiger partial charge in [0.05, 0.1) is 19.8 Å². The van der Waals surface area contributed by atoms with Gasteiger partial charge in [-0.1, -0.05) is 36.4 Å². The van der Waals surface area contributed by atoms with E-state index in [-0.39, 0.29) is 5.75 Å². The quantitative estimate of drug-likeness (QED) is 0.650. The van der Waals surface area contributed by atoms with Crippen LogP contribution in [0.4, 0.5) is 8.78 Å². The van der Waals surface area contributed by atoms with E-state index >= 15 is 0 Å². The van der Waals surface area contributed by atoms with Crippen molar-refractivity contribution >= 4 is 0 Å². The van der Waals surface area contributed by atoms with E-state index in [1.54, 1.807) is 25.1 Å². The number of alkyl halides is 2. The lowest BCUT2D eigenvalue weighted by Gasteiger charge is -2.26. The van der Waals surface area contributed by atoms with Crippen molar-refractivity contribution in [2.24, 2.45) is 0 Å². The first kappa shape index (κ1) is 21.5. The van der Waals surface area contributed by atoms with E-state index in [4.69, 9.17) is 14.2 Å². The first-order valence-corrected chi connectivity index (χ1v) is 9.94. The predicted molar refractivity (Wildman–Crippen MR) is 107 cm³/mol. The molecule has 0 aliphatic carbocycles. The van der Waals surface area contributed by atoms with Crippen molar-refractivity contribution in [3.05, 3.63) is 59.2 Å². The van der Waals surface area contributed by atoms with Crippen molar-refractivity contribution in [2.75, 3.05) is 32.9 Å². The van der Waals surface area contributed by atoms with E-state index in [9.17, 15) is 8.78 Å². The predicted octanol–water partition coefficient (Wildman–Crippen LogP) is 3.81. The first-order valence-electron chi connectivity index (χ1n) is 9.94. The Hall–Kier alpha value is -2.22. The average Bonchev–Trinajstić information content (AvgIpc) is 2.72. The van der Waals surface area contributed by atoms with E-state index in [0.717, 1.165) is 38.4 Å². The van der Waals surface area contributed by atoms with Crippen molar-refractivity contribution < 1.29 is 23.0 Å². The number of nitrogens with zero attached hydrogens (tertiary/aromatic N) is 1. The molecule has 1 aliphatic heterocycles. The Labute approximate surface area is 170 Å². The highest BCUT2D eigenvalue weighted by Crippen LogP contribution is 2.32. The summed E-state index contributed by atoms with van der Waals surface area (Å²) in [5, 5.41) is 3.29. The molecule has 7 heteroatoms. The van der Waals surface area contributed by atoms with Crippen LogP contribution < -0.4 is 14.8 Å². The minimum Gasteiger partial charge on any atom is -0.490 e. The van der Waals surface area contributed by atoms with Crippen molar-refractivity contribution in [3.8, 4) is 11.5 Å². The van der Waals surface area contributed by atoms with Crippen LogP contribution in [0.2, 0.25) is 0 Å². The summed E-state index contributed by atoms with van der Waals surface area (Å²) in [6.45, 7) is 4.77. The van der Waals surface area contributed by atoms with E-state index in [1.807, 2.05) is 0 Å². The number of morpholine rings is 1. The molecule has 1 N–H and O–H groups in total. The molecule has 0 amide bonds. The molecule has 0 unspecified atom stereocenters. The Morgan fingerprint density at radius 1 is 1.03 bits per heavy atom. The van der Waals surface area contributed by atoms with Crippen LogP contribution in [0.3, 0.4) is 0 Å². The van der Waals surface area contributed by atoms with Crippen molar-refractivity contribution in [2.45, 2.75) is 33.2 Å². The lowest BCUT2D eigenvalue weighted by molar-refractivity contribution is -0.0521. The van der Waals surface area contributed by atoms with Gasteiger partial charge in [0, 0.05) is 38.3 Å². The second-order valence-corrected chi connectivity index (χ2v) is 6.86. The van der Waals surface area contributed by atoms with Gasteiger partial charge >= 0.3 is 6.61 Å². The standard InChI is InChI=1S/C22H28F2N2O3/c1-2-28-20-5-3-4-19(21(20)29-22(23)24)15-25-14-17-6-8-18(9-7-17)16-26-10-12-27-13-11-26/h3-9,22,25H,2,10-16H2,1H3. The Kier molecular flexibility index (Phi) is 8.22. The van der Waals surface area contributed by atoms with Gasteiger partial charge in [0.2, 0.25) is 0 Å². The van der Waals surface area contributed by atoms with Crippen LogP contribution in [0.25, 0.3) is 0 Å². The van der Waals surface area contributed by atoms with E-state index in [2.05, 4.69) is 34.5 Å². The zero-order valence-corrected chi connectivity index (χ0v) is 16.7. The highest BCUT2D eigenvalue weighted by atomic mass is 19.3. The molecular weight excluding hydrogens is 378 g/mol. The molecule has 2 aromatic rings. The number of hydrogen-bond donors (Lipinski definition) is 1. The second-order valence-electron chi connectivity index (χ2n) is 6.86. The summed E-state index contributed by atoms with van der Waals surface area (Å²) in [6.07, 6.45) is 0. The van der Waals surface area contributed by atoms with Crippen LogP contribution in [0.15, 0.2) is 42.5 Å². The molecule has 0 radical (unpaired) electrons. The second kappa shape index (κ2) is 11.1. The Morgan fingerprint density at radius 3 is 2.45 bits per heavy atom. The molecule has 1 heterocycles. The molecule has 1 fully saturated rings. The van der Waals surface area contributed by atoms with Crippen LogP contribution in [0, 0.1) is 0 Å². The van der Waals surface area contributed by atoms with Gasteiger partial charge in [-0.15, -0.1) is 0 Å². The molecule has 5 nitrogen and oxygen atoms in total. The number of nitrogens with one attached hydrogen (secondary N) is 1. The smallest absolute Gasteiger partial charge is 0.387 e. The summed E-state index contributed by atoms with van der Waals surface area (Å²) >= 11 is 0. The van der Waals surface area contributed by atoms with Crippen molar-refractivity contribution in [1.29, 1.82) is 0 Å². The van der Waals surface area contributed by atoms with Gasteiger partial charge in [0.1, 0.15) is 0 Å². The average molecular weight is 406 g/mol. The molecule has 158 valence electrons. The van der Waals surface area contributed by atoms with E-state index in [0.29, 0.717) is 31.0 Å². The number of benzene rings is 2. The monoisotopic (exact) mass is 406 g/mol. The van der Waals surface area contributed by atoms with E-state index < -0.39 is 6.61 Å². The fraction of sp³-hybridized carbons (Fsp3) is 0.455.